The van der Waals surface area contributed by atoms with Crippen molar-refractivity contribution in [1.82, 2.24) is 0 Å². The molecule has 0 aliphatic rings. The van der Waals surface area contributed by atoms with Crippen LogP contribution >= 0.6 is 15.9 Å². The fourth-order valence-electron chi connectivity index (χ4n) is 1.99. The third-order valence-corrected chi connectivity index (χ3v) is 3.77. The van der Waals surface area contributed by atoms with Crippen LogP contribution in [0.25, 0.3) is 6.08 Å². The Balaban J connectivity index is 2.06. The number of ether oxygens (including phenoxy) is 2. The van der Waals surface area contributed by atoms with E-state index >= 15 is 0 Å². The first kappa shape index (κ1) is 18.0. The summed E-state index contributed by atoms with van der Waals surface area (Å²) in [5.41, 5.74) is 7.82. The van der Waals surface area contributed by atoms with Crippen LogP contribution in [0.1, 0.15) is 17.2 Å². The van der Waals surface area contributed by atoms with E-state index in [9.17, 15) is 9.90 Å². The van der Waals surface area contributed by atoms with Gasteiger partial charge in [-0.1, -0.05) is 34.1 Å². The van der Waals surface area contributed by atoms with Gasteiger partial charge in [0.15, 0.2) is 0 Å². The lowest BCUT2D eigenvalue weighted by molar-refractivity contribution is -0.134. The van der Waals surface area contributed by atoms with Gasteiger partial charge in [-0.3, -0.25) is 0 Å². The third kappa shape index (κ3) is 5.11. The minimum Gasteiger partial charge on any atom is -0.488 e. The average molecular weight is 392 g/mol. The number of carbonyl (C=O) groups excluding carboxylic acids is 1. The summed E-state index contributed by atoms with van der Waals surface area (Å²) >= 11 is 3.37. The summed E-state index contributed by atoms with van der Waals surface area (Å²) in [5, 5.41) is 10.2. The minimum absolute atomic E-state index is 0.0603. The number of halogens is 1. The molecule has 2 aromatic rings. The van der Waals surface area contributed by atoms with Gasteiger partial charge in [0, 0.05) is 10.5 Å². The molecule has 0 radical (unpaired) electrons. The fourth-order valence-corrected chi connectivity index (χ4v) is 2.41. The van der Waals surface area contributed by atoms with Gasteiger partial charge in [0.2, 0.25) is 0 Å². The zero-order valence-corrected chi connectivity index (χ0v) is 14.7. The van der Waals surface area contributed by atoms with Gasteiger partial charge >= 0.3 is 5.97 Å². The van der Waals surface area contributed by atoms with Crippen LogP contribution in [0.2, 0.25) is 0 Å². The van der Waals surface area contributed by atoms with E-state index in [0.717, 1.165) is 15.6 Å². The maximum atomic E-state index is 11.1. The zero-order chi connectivity index (χ0) is 17.5. The molecule has 0 saturated heterocycles. The van der Waals surface area contributed by atoms with Crippen molar-refractivity contribution in [3.05, 3.63) is 64.1 Å². The van der Waals surface area contributed by atoms with E-state index in [1.165, 1.54) is 13.2 Å². The Bertz CT molecular complexity index is 746. The van der Waals surface area contributed by atoms with Gasteiger partial charge in [-0.2, -0.15) is 0 Å². The molecule has 5 nitrogen and oxygen atoms in total. The van der Waals surface area contributed by atoms with Crippen molar-refractivity contribution in [2.45, 2.75) is 6.10 Å². The van der Waals surface area contributed by atoms with Crippen molar-refractivity contribution in [1.29, 1.82) is 0 Å². The molecule has 0 fully saturated rings. The first-order valence-corrected chi connectivity index (χ1v) is 8.01. The number of anilines is 1. The van der Waals surface area contributed by atoms with Gasteiger partial charge < -0.3 is 20.3 Å². The Labute approximate surface area is 148 Å². The lowest BCUT2D eigenvalue weighted by Gasteiger charge is -2.14. The smallest absolute Gasteiger partial charge is 0.330 e. The van der Waals surface area contributed by atoms with Crippen LogP contribution in [0.3, 0.4) is 0 Å². The molecular weight excluding hydrogens is 374 g/mol. The minimum atomic E-state index is -0.781. The van der Waals surface area contributed by atoms with Crippen molar-refractivity contribution in [2.75, 3.05) is 19.5 Å². The Hall–Kier alpha value is -2.31. The molecule has 3 N–H and O–H groups in total. The van der Waals surface area contributed by atoms with Gasteiger partial charge in [-0.15, -0.1) is 0 Å². The SMILES string of the molecule is COC(=O)/C=C/c1ccc(N)c(OCC(O)c2cccc(Br)c2)c1. The fraction of sp³-hybridized carbons (Fsp3) is 0.167. The highest BCUT2D eigenvalue weighted by Crippen LogP contribution is 2.25. The van der Waals surface area contributed by atoms with E-state index in [4.69, 9.17) is 10.5 Å². The summed E-state index contributed by atoms with van der Waals surface area (Å²) in [6.07, 6.45) is 2.13. The number of rotatable bonds is 6. The van der Waals surface area contributed by atoms with Crippen molar-refractivity contribution in [2.24, 2.45) is 0 Å². The molecule has 2 aromatic carbocycles. The number of benzene rings is 2. The molecule has 0 bridgehead atoms. The number of hydrogen-bond donors (Lipinski definition) is 2. The number of aliphatic hydroxyl groups excluding tert-OH is 1. The highest BCUT2D eigenvalue weighted by atomic mass is 79.9. The standard InChI is InChI=1S/C18H18BrNO4/c1-23-18(22)8-6-12-5-7-15(20)17(9-12)24-11-16(21)13-3-2-4-14(19)10-13/h2-10,16,21H,11,20H2,1H3/b8-6+. The Morgan fingerprint density at radius 1 is 1.33 bits per heavy atom. The highest BCUT2D eigenvalue weighted by Gasteiger charge is 2.10. The van der Waals surface area contributed by atoms with Crippen LogP contribution in [0.5, 0.6) is 5.75 Å². The summed E-state index contributed by atoms with van der Waals surface area (Å²) < 4.78 is 11.1. The van der Waals surface area contributed by atoms with Crippen molar-refractivity contribution in [3.63, 3.8) is 0 Å². The lowest BCUT2D eigenvalue weighted by atomic mass is 10.1. The van der Waals surface area contributed by atoms with Crippen LogP contribution in [-0.2, 0) is 9.53 Å². The normalized spacial score (nSPS) is 12.1. The third-order valence-electron chi connectivity index (χ3n) is 3.28. The molecule has 0 aliphatic carbocycles. The van der Waals surface area contributed by atoms with E-state index in [1.807, 2.05) is 24.3 Å². The molecule has 2 rings (SSSR count). The Morgan fingerprint density at radius 3 is 2.83 bits per heavy atom. The summed E-state index contributed by atoms with van der Waals surface area (Å²) in [6, 6.07) is 12.5. The van der Waals surface area contributed by atoms with E-state index in [-0.39, 0.29) is 6.61 Å². The molecule has 1 atom stereocenters. The molecular formula is C18H18BrNO4. The monoisotopic (exact) mass is 391 g/mol. The van der Waals surface area contributed by atoms with E-state index in [2.05, 4.69) is 20.7 Å². The molecule has 126 valence electrons. The molecule has 0 heterocycles. The van der Waals surface area contributed by atoms with Gasteiger partial charge in [0.05, 0.1) is 12.8 Å². The molecule has 0 aromatic heterocycles. The summed E-state index contributed by atoms with van der Waals surface area (Å²) in [6.45, 7) is 0.0603. The van der Waals surface area contributed by atoms with Crippen LogP contribution in [0.15, 0.2) is 53.0 Å². The van der Waals surface area contributed by atoms with Gasteiger partial charge in [-0.05, 0) is 41.5 Å². The van der Waals surface area contributed by atoms with E-state index < -0.39 is 12.1 Å². The molecule has 0 saturated carbocycles. The van der Waals surface area contributed by atoms with Gasteiger partial charge in [0.1, 0.15) is 18.5 Å². The van der Waals surface area contributed by atoms with Crippen LogP contribution < -0.4 is 10.5 Å². The maximum Gasteiger partial charge on any atom is 0.330 e. The number of nitrogen functional groups attached to an aromatic ring is 1. The molecule has 0 spiro atoms. The summed E-state index contributed by atoms with van der Waals surface area (Å²) in [5.74, 6) is -0.00423. The number of esters is 1. The second kappa shape index (κ2) is 8.52. The van der Waals surface area contributed by atoms with Gasteiger partial charge in [-0.25, -0.2) is 4.79 Å². The highest BCUT2D eigenvalue weighted by molar-refractivity contribution is 9.10. The molecule has 0 aliphatic heterocycles. The molecule has 6 heteroatoms. The number of hydrogen-bond acceptors (Lipinski definition) is 5. The van der Waals surface area contributed by atoms with Crippen LogP contribution in [-0.4, -0.2) is 24.8 Å². The Kier molecular flexibility index (Phi) is 6.40. The number of nitrogens with two attached hydrogens (primary N) is 1. The van der Waals surface area contributed by atoms with Crippen molar-refractivity contribution in [3.8, 4) is 5.75 Å². The number of methoxy groups -OCH3 is 1. The topological polar surface area (TPSA) is 81.8 Å². The predicted octanol–water partition coefficient (Wildman–Crippen LogP) is 3.33. The van der Waals surface area contributed by atoms with E-state index in [1.54, 1.807) is 24.3 Å². The van der Waals surface area contributed by atoms with Crippen molar-refractivity contribution < 1.29 is 19.4 Å². The van der Waals surface area contributed by atoms with E-state index in [0.29, 0.717) is 11.4 Å². The first-order valence-electron chi connectivity index (χ1n) is 7.21. The quantitative estimate of drug-likeness (QED) is 0.448. The van der Waals surface area contributed by atoms with Crippen LogP contribution in [0, 0.1) is 0 Å². The predicted molar refractivity (Wildman–Crippen MR) is 96.5 cm³/mol. The second-order valence-electron chi connectivity index (χ2n) is 5.04. The lowest BCUT2D eigenvalue weighted by Crippen LogP contribution is -2.10. The summed E-state index contributed by atoms with van der Waals surface area (Å²) in [7, 11) is 1.31. The Morgan fingerprint density at radius 2 is 2.12 bits per heavy atom. The number of carbonyl (C=O) groups is 1. The zero-order valence-electron chi connectivity index (χ0n) is 13.1. The molecule has 1 unspecified atom stereocenters. The molecule has 0 amide bonds. The van der Waals surface area contributed by atoms with Crippen molar-refractivity contribution >= 4 is 33.7 Å². The van der Waals surface area contributed by atoms with Crippen LogP contribution in [0.4, 0.5) is 5.69 Å². The largest absolute Gasteiger partial charge is 0.488 e. The van der Waals surface area contributed by atoms with Gasteiger partial charge in [0.25, 0.3) is 0 Å². The number of aliphatic hydroxyl groups is 1. The summed E-state index contributed by atoms with van der Waals surface area (Å²) in [4.78, 5) is 11.1. The molecule has 24 heavy (non-hydrogen) atoms. The average Bonchev–Trinajstić information content (AvgIpc) is 2.59. The second-order valence-corrected chi connectivity index (χ2v) is 5.95. The first-order chi connectivity index (χ1) is 11.5. The maximum absolute atomic E-state index is 11.1.